The number of nitrogens with two attached hydrogens (primary N) is 1. The number of anilines is 1. The van der Waals surface area contributed by atoms with Crippen molar-refractivity contribution >= 4 is 15.8 Å². The molecule has 0 radical (unpaired) electrons. The van der Waals surface area contributed by atoms with Gasteiger partial charge in [0.1, 0.15) is 4.90 Å². The van der Waals surface area contributed by atoms with E-state index in [1.165, 1.54) is 10.9 Å². The predicted octanol–water partition coefficient (Wildman–Crippen LogP) is 1.04. The van der Waals surface area contributed by atoms with E-state index in [9.17, 15) is 8.42 Å². The van der Waals surface area contributed by atoms with Gasteiger partial charge < -0.3 is 5.73 Å². The van der Waals surface area contributed by atoms with Gasteiger partial charge in [-0.05, 0) is 17.5 Å². The zero-order valence-electron chi connectivity index (χ0n) is 11.5. The Kier molecular flexibility index (Phi) is 4.10. The summed E-state index contributed by atoms with van der Waals surface area (Å²) in [4.78, 5) is 0.00831. The van der Waals surface area contributed by atoms with Crippen LogP contribution in [0.2, 0.25) is 0 Å². The van der Waals surface area contributed by atoms with Crippen LogP contribution < -0.4 is 10.5 Å². The van der Waals surface area contributed by atoms with Gasteiger partial charge >= 0.3 is 0 Å². The second-order valence-corrected chi connectivity index (χ2v) is 6.23. The van der Waals surface area contributed by atoms with E-state index in [0.29, 0.717) is 0 Å². The zero-order chi connectivity index (χ0) is 14.8. The summed E-state index contributed by atoms with van der Waals surface area (Å²) in [5.74, 6) is 0.00350. The van der Waals surface area contributed by atoms with Gasteiger partial charge in [-0.2, -0.15) is 5.10 Å². The average Bonchev–Trinajstić information content (AvgIpc) is 2.76. The lowest BCUT2D eigenvalue weighted by atomic mass is 10.1. The maximum absolute atomic E-state index is 12.2. The molecule has 2 aromatic rings. The van der Waals surface area contributed by atoms with Gasteiger partial charge in [0.2, 0.25) is 10.0 Å². The van der Waals surface area contributed by atoms with Crippen LogP contribution in [0.3, 0.4) is 0 Å². The third kappa shape index (κ3) is 3.00. The van der Waals surface area contributed by atoms with Crippen LogP contribution in [0.4, 0.5) is 5.82 Å². The predicted molar refractivity (Wildman–Crippen MR) is 77.5 cm³/mol. The van der Waals surface area contributed by atoms with Gasteiger partial charge in [0.25, 0.3) is 0 Å². The third-order valence-corrected chi connectivity index (χ3v) is 4.48. The monoisotopic (exact) mass is 294 g/mol. The van der Waals surface area contributed by atoms with Crippen molar-refractivity contribution in [3.63, 3.8) is 0 Å². The van der Waals surface area contributed by atoms with E-state index in [4.69, 9.17) is 5.73 Å². The van der Waals surface area contributed by atoms with Crippen molar-refractivity contribution in [2.75, 3.05) is 5.73 Å². The maximum Gasteiger partial charge on any atom is 0.246 e. The SMILES string of the molecule is CCc1ccccc1CNS(=O)(=O)c1cn(C)nc1N. The van der Waals surface area contributed by atoms with Crippen molar-refractivity contribution in [3.05, 3.63) is 41.6 Å². The van der Waals surface area contributed by atoms with Crippen LogP contribution >= 0.6 is 0 Å². The minimum atomic E-state index is -3.65. The van der Waals surface area contributed by atoms with Crippen LogP contribution in [-0.4, -0.2) is 18.2 Å². The van der Waals surface area contributed by atoms with E-state index in [-0.39, 0.29) is 17.3 Å². The zero-order valence-corrected chi connectivity index (χ0v) is 12.3. The highest BCUT2D eigenvalue weighted by molar-refractivity contribution is 7.89. The molecule has 20 heavy (non-hydrogen) atoms. The number of sulfonamides is 1. The molecule has 0 fully saturated rings. The number of hydrogen-bond acceptors (Lipinski definition) is 4. The molecule has 0 aliphatic carbocycles. The van der Waals surface area contributed by atoms with Crippen molar-refractivity contribution in [2.24, 2.45) is 7.05 Å². The summed E-state index contributed by atoms with van der Waals surface area (Å²) in [6, 6.07) is 7.73. The van der Waals surface area contributed by atoms with Crippen molar-refractivity contribution in [3.8, 4) is 0 Å². The Morgan fingerprint density at radius 3 is 2.50 bits per heavy atom. The molecule has 0 aliphatic rings. The summed E-state index contributed by atoms with van der Waals surface area (Å²) in [5, 5.41) is 3.84. The molecule has 0 aliphatic heterocycles. The van der Waals surface area contributed by atoms with Crippen LogP contribution in [0, 0.1) is 0 Å². The number of aromatic nitrogens is 2. The number of hydrogen-bond donors (Lipinski definition) is 2. The number of nitrogens with one attached hydrogen (secondary N) is 1. The summed E-state index contributed by atoms with van der Waals surface area (Å²) in [5.41, 5.74) is 7.68. The Labute approximate surface area is 118 Å². The number of nitrogen functional groups attached to an aromatic ring is 1. The largest absolute Gasteiger partial charge is 0.381 e. The van der Waals surface area contributed by atoms with Gasteiger partial charge in [0, 0.05) is 19.8 Å². The first-order valence-electron chi connectivity index (χ1n) is 6.29. The van der Waals surface area contributed by atoms with Gasteiger partial charge in [-0.25, -0.2) is 13.1 Å². The summed E-state index contributed by atoms with van der Waals surface area (Å²) < 4.78 is 28.3. The smallest absolute Gasteiger partial charge is 0.246 e. The molecule has 108 valence electrons. The Morgan fingerprint density at radius 2 is 1.95 bits per heavy atom. The van der Waals surface area contributed by atoms with Crippen LogP contribution in [0.1, 0.15) is 18.1 Å². The Morgan fingerprint density at radius 1 is 1.30 bits per heavy atom. The Bertz CT molecular complexity index is 707. The maximum atomic E-state index is 12.2. The minimum Gasteiger partial charge on any atom is -0.381 e. The fourth-order valence-electron chi connectivity index (χ4n) is 2.02. The number of benzene rings is 1. The first-order chi connectivity index (χ1) is 9.44. The van der Waals surface area contributed by atoms with Gasteiger partial charge in [-0.15, -0.1) is 0 Å². The lowest BCUT2D eigenvalue weighted by Crippen LogP contribution is -2.24. The highest BCUT2D eigenvalue weighted by atomic mass is 32.2. The van der Waals surface area contributed by atoms with E-state index in [0.717, 1.165) is 17.5 Å². The number of aryl methyl sites for hydroxylation is 2. The lowest BCUT2D eigenvalue weighted by Gasteiger charge is -2.09. The standard InChI is InChI=1S/C13H18N4O2S/c1-3-10-6-4-5-7-11(10)8-15-20(18,19)12-9-17(2)16-13(12)14/h4-7,9,15H,3,8H2,1-2H3,(H2,14,16). The first kappa shape index (κ1) is 14.5. The summed E-state index contributed by atoms with van der Waals surface area (Å²) in [7, 11) is -2.02. The van der Waals surface area contributed by atoms with E-state index in [1.807, 2.05) is 31.2 Å². The molecule has 0 unspecified atom stereocenters. The van der Waals surface area contributed by atoms with Crippen LogP contribution in [0.5, 0.6) is 0 Å². The Hall–Kier alpha value is -1.86. The molecule has 0 spiro atoms. The summed E-state index contributed by atoms with van der Waals surface area (Å²) in [6.07, 6.45) is 2.25. The van der Waals surface area contributed by atoms with Crippen molar-refractivity contribution < 1.29 is 8.42 Å². The lowest BCUT2D eigenvalue weighted by molar-refractivity contribution is 0.581. The second-order valence-electron chi connectivity index (χ2n) is 4.50. The van der Waals surface area contributed by atoms with Gasteiger partial charge in [0.05, 0.1) is 0 Å². The highest BCUT2D eigenvalue weighted by Crippen LogP contribution is 2.16. The fourth-order valence-corrected chi connectivity index (χ4v) is 3.12. The van der Waals surface area contributed by atoms with Crippen molar-refractivity contribution in [1.82, 2.24) is 14.5 Å². The normalized spacial score (nSPS) is 11.7. The molecule has 0 saturated carbocycles. The topological polar surface area (TPSA) is 90.0 Å². The Balaban J connectivity index is 2.20. The second kappa shape index (κ2) is 5.64. The molecule has 6 nitrogen and oxygen atoms in total. The molecule has 7 heteroatoms. The molecule has 0 atom stereocenters. The van der Waals surface area contributed by atoms with E-state index in [1.54, 1.807) is 7.05 Å². The minimum absolute atomic E-state index is 0.00350. The van der Waals surface area contributed by atoms with E-state index in [2.05, 4.69) is 9.82 Å². The molecule has 2 rings (SSSR count). The molecule has 0 amide bonds. The van der Waals surface area contributed by atoms with Gasteiger partial charge in [-0.3, -0.25) is 4.68 Å². The third-order valence-electron chi connectivity index (χ3n) is 3.06. The average molecular weight is 294 g/mol. The summed E-state index contributed by atoms with van der Waals surface area (Å²) in [6.45, 7) is 2.27. The van der Waals surface area contributed by atoms with Crippen LogP contribution in [-0.2, 0) is 30.0 Å². The molecule has 0 bridgehead atoms. The molecular formula is C13H18N4O2S. The first-order valence-corrected chi connectivity index (χ1v) is 7.78. The highest BCUT2D eigenvalue weighted by Gasteiger charge is 2.20. The van der Waals surface area contributed by atoms with Crippen LogP contribution in [0.15, 0.2) is 35.4 Å². The number of rotatable bonds is 5. The fraction of sp³-hybridized carbons (Fsp3) is 0.308. The van der Waals surface area contributed by atoms with Crippen molar-refractivity contribution in [1.29, 1.82) is 0 Å². The molecule has 0 saturated heterocycles. The molecule has 1 heterocycles. The van der Waals surface area contributed by atoms with Gasteiger partial charge in [0.15, 0.2) is 5.82 Å². The number of nitrogens with zero attached hydrogens (tertiary/aromatic N) is 2. The van der Waals surface area contributed by atoms with E-state index < -0.39 is 10.0 Å². The van der Waals surface area contributed by atoms with Crippen LogP contribution in [0.25, 0.3) is 0 Å². The van der Waals surface area contributed by atoms with Gasteiger partial charge in [-0.1, -0.05) is 31.2 Å². The quantitative estimate of drug-likeness (QED) is 0.862. The molecule has 3 N–H and O–H groups in total. The van der Waals surface area contributed by atoms with Crippen molar-refractivity contribution in [2.45, 2.75) is 24.8 Å². The molecular weight excluding hydrogens is 276 g/mol. The summed E-state index contributed by atoms with van der Waals surface area (Å²) >= 11 is 0. The van der Waals surface area contributed by atoms with E-state index >= 15 is 0 Å². The molecule has 1 aromatic carbocycles. The molecule has 1 aromatic heterocycles.